The van der Waals surface area contributed by atoms with Crippen LogP contribution in [0.1, 0.15) is 25.3 Å². The summed E-state index contributed by atoms with van der Waals surface area (Å²) >= 11 is 0. The summed E-state index contributed by atoms with van der Waals surface area (Å²) < 4.78 is 18.8. The lowest BCUT2D eigenvalue weighted by molar-refractivity contribution is -0.135. The van der Waals surface area contributed by atoms with Crippen molar-refractivity contribution in [1.29, 1.82) is 0 Å². The van der Waals surface area contributed by atoms with Gasteiger partial charge in [-0.3, -0.25) is 9.59 Å². The van der Waals surface area contributed by atoms with Gasteiger partial charge in [0.15, 0.2) is 6.61 Å². The number of benzene rings is 2. The van der Waals surface area contributed by atoms with E-state index in [1.807, 2.05) is 38.1 Å². The minimum Gasteiger partial charge on any atom is -0.483 e. The summed E-state index contributed by atoms with van der Waals surface area (Å²) in [6.45, 7) is 3.79. The number of nitrogens with zero attached hydrogens (tertiary/aromatic N) is 1. The fraction of sp³-hybridized carbons (Fsp3) is 0.300. The average molecular weight is 358 g/mol. The van der Waals surface area contributed by atoms with Gasteiger partial charge in [0.2, 0.25) is 5.91 Å². The Kier molecular flexibility index (Phi) is 6.72. The fourth-order valence-corrected chi connectivity index (χ4v) is 2.41. The van der Waals surface area contributed by atoms with Crippen LogP contribution in [-0.4, -0.2) is 36.9 Å². The summed E-state index contributed by atoms with van der Waals surface area (Å²) in [6.07, 6.45) is 0. The van der Waals surface area contributed by atoms with Gasteiger partial charge in [-0.15, -0.1) is 0 Å². The van der Waals surface area contributed by atoms with Crippen LogP contribution in [0, 0.1) is 5.82 Å². The summed E-state index contributed by atoms with van der Waals surface area (Å²) in [4.78, 5) is 25.5. The minimum atomic E-state index is -0.440. The van der Waals surface area contributed by atoms with Gasteiger partial charge in [-0.1, -0.05) is 38.1 Å². The van der Waals surface area contributed by atoms with E-state index in [9.17, 15) is 14.0 Å². The zero-order chi connectivity index (χ0) is 19.1. The lowest BCUT2D eigenvalue weighted by atomic mass is 10.0. The van der Waals surface area contributed by atoms with Crippen LogP contribution in [0.3, 0.4) is 0 Å². The van der Waals surface area contributed by atoms with Crippen LogP contribution in [0.2, 0.25) is 0 Å². The Balaban J connectivity index is 1.86. The zero-order valence-electron chi connectivity index (χ0n) is 15.2. The van der Waals surface area contributed by atoms with Crippen molar-refractivity contribution in [3.8, 4) is 5.75 Å². The molecule has 2 rings (SSSR count). The third kappa shape index (κ3) is 5.58. The van der Waals surface area contributed by atoms with Gasteiger partial charge in [0.05, 0.1) is 6.54 Å². The van der Waals surface area contributed by atoms with Crippen molar-refractivity contribution >= 4 is 17.5 Å². The van der Waals surface area contributed by atoms with Crippen molar-refractivity contribution in [2.24, 2.45) is 0 Å². The molecule has 0 aliphatic rings. The van der Waals surface area contributed by atoms with Gasteiger partial charge in [0, 0.05) is 12.7 Å². The van der Waals surface area contributed by atoms with Crippen LogP contribution in [0.25, 0.3) is 0 Å². The second-order valence-electron chi connectivity index (χ2n) is 6.29. The minimum absolute atomic E-state index is 0.148. The molecule has 5 nitrogen and oxygen atoms in total. The van der Waals surface area contributed by atoms with E-state index < -0.39 is 11.7 Å². The van der Waals surface area contributed by atoms with E-state index >= 15 is 0 Å². The number of para-hydroxylation sites is 1. The van der Waals surface area contributed by atoms with Gasteiger partial charge < -0.3 is 15.0 Å². The van der Waals surface area contributed by atoms with E-state index in [1.54, 1.807) is 6.07 Å². The van der Waals surface area contributed by atoms with Crippen LogP contribution in [-0.2, 0) is 9.59 Å². The predicted molar refractivity (Wildman–Crippen MR) is 98.7 cm³/mol. The zero-order valence-corrected chi connectivity index (χ0v) is 15.2. The van der Waals surface area contributed by atoms with Crippen molar-refractivity contribution in [1.82, 2.24) is 4.90 Å². The predicted octanol–water partition coefficient (Wildman–Crippen LogP) is 3.43. The van der Waals surface area contributed by atoms with E-state index in [1.165, 1.54) is 30.1 Å². The highest BCUT2D eigenvalue weighted by molar-refractivity contribution is 5.94. The molecule has 26 heavy (non-hydrogen) atoms. The monoisotopic (exact) mass is 358 g/mol. The lowest BCUT2D eigenvalue weighted by Gasteiger charge is -2.18. The number of rotatable bonds is 7. The maximum atomic E-state index is 13.1. The van der Waals surface area contributed by atoms with E-state index in [-0.39, 0.29) is 25.0 Å². The molecule has 2 amide bonds. The molecule has 6 heteroatoms. The van der Waals surface area contributed by atoms with Gasteiger partial charge in [-0.25, -0.2) is 4.39 Å². The van der Waals surface area contributed by atoms with Gasteiger partial charge in [0.1, 0.15) is 11.6 Å². The number of hydrogen-bond acceptors (Lipinski definition) is 3. The molecule has 2 aromatic rings. The molecule has 0 radical (unpaired) electrons. The van der Waals surface area contributed by atoms with E-state index in [0.717, 1.165) is 5.56 Å². The molecule has 0 heterocycles. The van der Waals surface area contributed by atoms with E-state index in [4.69, 9.17) is 4.74 Å². The molecule has 0 fully saturated rings. The first-order valence-electron chi connectivity index (χ1n) is 8.38. The van der Waals surface area contributed by atoms with Crippen molar-refractivity contribution in [3.05, 3.63) is 59.9 Å². The topological polar surface area (TPSA) is 58.6 Å². The van der Waals surface area contributed by atoms with Gasteiger partial charge in [-0.05, 0) is 35.7 Å². The van der Waals surface area contributed by atoms with Crippen molar-refractivity contribution in [2.75, 3.05) is 25.5 Å². The normalized spacial score (nSPS) is 10.5. The number of nitrogens with one attached hydrogen (secondary N) is 1. The Hall–Kier alpha value is -2.89. The first-order valence-corrected chi connectivity index (χ1v) is 8.38. The molecule has 0 unspecified atom stereocenters. The van der Waals surface area contributed by atoms with Crippen molar-refractivity contribution in [3.63, 3.8) is 0 Å². The first kappa shape index (κ1) is 19.4. The SMILES string of the molecule is CC(C)c1ccccc1OCC(=O)N(C)CC(=O)Nc1cccc(F)c1. The van der Waals surface area contributed by atoms with E-state index in [0.29, 0.717) is 11.4 Å². The summed E-state index contributed by atoms with van der Waals surface area (Å²) in [5, 5.41) is 2.55. The van der Waals surface area contributed by atoms with Crippen LogP contribution in [0.15, 0.2) is 48.5 Å². The molecule has 0 aromatic heterocycles. The number of anilines is 1. The molecule has 0 aliphatic carbocycles. The van der Waals surface area contributed by atoms with Crippen LogP contribution < -0.4 is 10.1 Å². The van der Waals surface area contributed by atoms with Crippen molar-refractivity contribution in [2.45, 2.75) is 19.8 Å². The molecule has 2 aromatic carbocycles. The van der Waals surface area contributed by atoms with Gasteiger partial charge >= 0.3 is 0 Å². The van der Waals surface area contributed by atoms with Crippen LogP contribution in [0.4, 0.5) is 10.1 Å². The highest BCUT2D eigenvalue weighted by Gasteiger charge is 2.15. The number of carbonyl (C=O) groups is 2. The Morgan fingerprint density at radius 2 is 1.88 bits per heavy atom. The average Bonchev–Trinajstić information content (AvgIpc) is 2.59. The van der Waals surface area contributed by atoms with Crippen molar-refractivity contribution < 1.29 is 18.7 Å². The largest absolute Gasteiger partial charge is 0.483 e. The Labute approximate surface area is 152 Å². The van der Waals surface area contributed by atoms with Crippen LogP contribution in [0.5, 0.6) is 5.75 Å². The molecule has 1 N–H and O–H groups in total. The van der Waals surface area contributed by atoms with E-state index in [2.05, 4.69) is 5.32 Å². The molecule has 0 aliphatic heterocycles. The Bertz CT molecular complexity index is 777. The van der Waals surface area contributed by atoms with Gasteiger partial charge in [-0.2, -0.15) is 0 Å². The van der Waals surface area contributed by atoms with Gasteiger partial charge in [0.25, 0.3) is 5.91 Å². The Morgan fingerprint density at radius 3 is 2.58 bits per heavy atom. The third-order valence-electron chi connectivity index (χ3n) is 3.81. The number of ether oxygens (including phenoxy) is 1. The second-order valence-corrected chi connectivity index (χ2v) is 6.29. The number of halogens is 1. The summed E-state index contributed by atoms with van der Waals surface area (Å²) in [6, 6.07) is 13.1. The molecule has 138 valence electrons. The molecule has 0 atom stereocenters. The number of likely N-dealkylation sites (N-methyl/N-ethyl adjacent to an activating group) is 1. The smallest absolute Gasteiger partial charge is 0.260 e. The maximum absolute atomic E-state index is 13.1. The highest BCUT2D eigenvalue weighted by Crippen LogP contribution is 2.25. The number of carbonyl (C=O) groups excluding carboxylic acids is 2. The summed E-state index contributed by atoms with van der Waals surface area (Å²) in [5.74, 6) is -0.235. The first-order chi connectivity index (χ1) is 12.4. The molecule has 0 saturated carbocycles. The molecular weight excluding hydrogens is 335 g/mol. The Morgan fingerprint density at radius 1 is 1.15 bits per heavy atom. The number of hydrogen-bond donors (Lipinski definition) is 1. The van der Waals surface area contributed by atoms with Crippen LogP contribution >= 0.6 is 0 Å². The fourth-order valence-electron chi connectivity index (χ4n) is 2.41. The molecule has 0 bridgehead atoms. The number of amides is 2. The standard InChI is InChI=1S/C20H23FN2O3/c1-14(2)17-9-4-5-10-18(17)26-13-20(25)23(3)12-19(24)22-16-8-6-7-15(21)11-16/h4-11,14H,12-13H2,1-3H3,(H,22,24). The molecular formula is C20H23FN2O3. The summed E-state index contributed by atoms with van der Waals surface area (Å²) in [7, 11) is 1.52. The molecule has 0 saturated heterocycles. The second kappa shape index (κ2) is 8.99. The lowest BCUT2D eigenvalue weighted by Crippen LogP contribution is -2.37. The summed E-state index contributed by atoms with van der Waals surface area (Å²) in [5.41, 5.74) is 1.37. The quantitative estimate of drug-likeness (QED) is 0.825. The molecule has 0 spiro atoms. The highest BCUT2D eigenvalue weighted by atomic mass is 19.1. The maximum Gasteiger partial charge on any atom is 0.260 e. The third-order valence-corrected chi connectivity index (χ3v) is 3.81.